The van der Waals surface area contributed by atoms with Crippen LogP contribution in [0.25, 0.3) is 0 Å². The molecule has 90 valence electrons. The molecule has 0 aliphatic heterocycles. The number of rotatable bonds is 2. The van der Waals surface area contributed by atoms with E-state index in [1.165, 1.54) is 7.11 Å². The third kappa shape index (κ3) is 3.18. The van der Waals surface area contributed by atoms with Gasteiger partial charge in [0.2, 0.25) is 0 Å². The van der Waals surface area contributed by atoms with E-state index in [1.807, 2.05) is 0 Å². The van der Waals surface area contributed by atoms with Crippen LogP contribution in [0.3, 0.4) is 0 Å². The van der Waals surface area contributed by atoms with Gasteiger partial charge in [0.05, 0.1) is 5.57 Å². The van der Waals surface area contributed by atoms with Crippen LogP contribution in [0.5, 0.6) is 0 Å². The molecule has 2 atom stereocenters. The van der Waals surface area contributed by atoms with Gasteiger partial charge in [0.25, 0.3) is 0 Å². The van der Waals surface area contributed by atoms with E-state index in [-0.39, 0.29) is 0 Å². The molecule has 0 amide bonds. The van der Waals surface area contributed by atoms with Gasteiger partial charge < -0.3 is 14.6 Å². The second-order valence-electron chi connectivity index (χ2n) is 4.66. The van der Waals surface area contributed by atoms with Crippen molar-refractivity contribution in [2.45, 2.75) is 38.6 Å². The van der Waals surface area contributed by atoms with E-state index >= 15 is 0 Å². The summed E-state index contributed by atoms with van der Waals surface area (Å²) in [5.41, 5.74) is -0.213. The van der Waals surface area contributed by atoms with E-state index in [9.17, 15) is 9.90 Å². The topological polar surface area (TPSA) is 55.8 Å². The summed E-state index contributed by atoms with van der Waals surface area (Å²) >= 11 is 0. The van der Waals surface area contributed by atoms with Crippen LogP contribution >= 0.6 is 0 Å². The van der Waals surface area contributed by atoms with E-state index in [0.717, 1.165) is 0 Å². The largest absolute Gasteiger partial charge is 0.457 e. The molecule has 1 aliphatic carbocycles. The van der Waals surface area contributed by atoms with Crippen LogP contribution in [-0.4, -0.2) is 36.0 Å². The molecule has 16 heavy (non-hydrogen) atoms. The normalized spacial score (nSPS) is 25.2. The Morgan fingerprint density at radius 3 is 2.56 bits per heavy atom. The number of hydrogen-bond acceptors (Lipinski definition) is 4. The number of aliphatic hydroxyl groups is 1. The lowest BCUT2D eigenvalue weighted by molar-refractivity contribution is -0.152. The summed E-state index contributed by atoms with van der Waals surface area (Å²) in [6.07, 6.45) is 3.34. The number of carbonyl (C=O) groups is 1. The van der Waals surface area contributed by atoms with Crippen molar-refractivity contribution in [3.05, 3.63) is 23.8 Å². The molecular formula is C12H18O4. The van der Waals surface area contributed by atoms with E-state index in [4.69, 9.17) is 9.47 Å². The first-order valence-corrected chi connectivity index (χ1v) is 5.18. The highest BCUT2D eigenvalue weighted by Crippen LogP contribution is 2.20. The first-order chi connectivity index (χ1) is 7.35. The van der Waals surface area contributed by atoms with Crippen molar-refractivity contribution >= 4 is 5.97 Å². The number of esters is 1. The lowest BCUT2D eigenvalue weighted by Gasteiger charge is -2.26. The maximum Gasteiger partial charge on any atom is 0.337 e. The quantitative estimate of drug-likeness (QED) is 0.719. The molecule has 0 aromatic rings. The van der Waals surface area contributed by atoms with E-state index in [2.05, 4.69) is 0 Å². The van der Waals surface area contributed by atoms with Crippen molar-refractivity contribution in [1.82, 2.24) is 0 Å². The van der Waals surface area contributed by atoms with Crippen molar-refractivity contribution in [3.63, 3.8) is 0 Å². The zero-order valence-corrected chi connectivity index (χ0v) is 10.1. The number of aliphatic hydroxyl groups excluding tert-OH is 1. The molecule has 0 unspecified atom stereocenters. The molecule has 0 fully saturated rings. The average molecular weight is 226 g/mol. The minimum absolute atomic E-state index is 0.340. The summed E-state index contributed by atoms with van der Waals surface area (Å²) < 4.78 is 10.3. The van der Waals surface area contributed by atoms with Gasteiger partial charge >= 0.3 is 5.97 Å². The lowest BCUT2D eigenvalue weighted by atomic mass is 9.99. The molecule has 1 N–H and O–H groups in total. The van der Waals surface area contributed by atoms with Crippen LogP contribution in [0, 0.1) is 0 Å². The Hall–Kier alpha value is -1.13. The second kappa shape index (κ2) is 4.80. The Balaban J connectivity index is 2.82. The number of methoxy groups -OCH3 is 1. The third-order valence-electron chi connectivity index (χ3n) is 2.09. The molecule has 0 spiro atoms. The van der Waals surface area contributed by atoms with Gasteiger partial charge in [-0.2, -0.15) is 0 Å². The SMILES string of the molecule is CO[C@H]1C(C(=O)OC(C)(C)C)=CC=C[C@@H]1O. The van der Waals surface area contributed by atoms with Gasteiger partial charge in [0, 0.05) is 7.11 Å². The van der Waals surface area contributed by atoms with Crippen LogP contribution in [0.15, 0.2) is 23.8 Å². The van der Waals surface area contributed by atoms with Crippen LogP contribution in [0.2, 0.25) is 0 Å². The Bertz CT molecular complexity index is 322. The first kappa shape index (κ1) is 12.9. The van der Waals surface area contributed by atoms with E-state index < -0.39 is 23.8 Å². The van der Waals surface area contributed by atoms with Crippen LogP contribution in [-0.2, 0) is 14.3 Å². The summed E-state index contributed by atoms with van der Waals surface area (Å²) in [4.78, 5) is 11.8. The Labute approximate surface area is 95.6 Å². The smallest absolute Gasteiger partial charge is 0.337 e. The molecule has 0 heterocycles. The monoisotopic (exact) mass is 226 g/mol. The highest BCUT2D eigenvalue weighted by Gasteiger charge is 2.31. The van der Waals surface area contributed by atoms with E-state index in [0.29, 0.717) is 5.57 Å². The summed E-state index contributed by atoms with van der Waals surface area (Å²) in [7, 11) is 1.45. The molecule has 1 rings (SSSR count). The van der Waals surface area contributed by atoms with Gasteiger partial charge in [-0.25, -0.2) is 4.79 Å². The molecule has 0 radical (unpaired) electrons. The molecule has 0 saturated carbocycles. The highest BCUT2D eigenvalue weighted by atomic mass is 16.6. The fraction of sp³-hybridized carbons (Fsp3) is 0.583. The second-order valence-corrected chi connectivity index (χ2v) is 4.66. The maximum absolute atomic E-state index is 11.8. The molecule has 0 aromatic heterocycles. The summed E-state index contributed by atoms with van der Waals surface area (Å²) in [5, 5.41) is 9.63. The lowest BCUT2D eigenvalue weighted by Crippen LogP contribution is -2.36. The van der Waals surface area contributed by atoms with Crippen LogP contribution in [0.4, 0.5) is 0 Å². The van der Waals surface area contributed by atoms with Gasteiger partial charge in [-0.1, -0.05) is 12.2 Å². The van der Waals surface area contributed by atoms with Crippen molar-refractivity contribution in [2.75, 3.05) is 7.11 Å². The van der Waals surface area contributed by atoms with Gasteiger partial charge in [0.15, 0.2) is 0 Å². The Morgan fingerprint density at radius 1 is 1.44 bits per heavy atom. The van der Waals surface area contributed by atoms with Crippen LogP contribution < -0.4 is 0 Å². The average Bonchev–Trinajstić information content (AvgIpc) is 2.14. The van der Waals surface area contributed by atoms with Crippen molar-refractivity contribution < 1.29 is 19.4 Å². The van der Waals surface area contributed by atoms with Gasteiger partial charge in [-0.3, -0.25) is 0 Å². The zero-order valence-electron chi connectivity index (χ0n) is 10.1. The van der Waals surface area contributed by atoms with Crippen LogP contribution in [0.1, 0.15) is 20.8 Å². The van der Waals surface area contributed by atoms with E-state index in [1.54, 1.807) is 39.0 Å². The maximum atomic E-state index is 11.8. The fourth-order valence-electron chi connectivity index (χ4n) is 1.44. The predicted octanol–water partition coefficient (Wildman–Crippen LogP) is 1.20. The minimum atomic E-state index is -0.808. The zero-order chi connectivity index (χ0) is 12.3. The molecule has 4 heteroatoms. The number of hydrogen-bond donors (Lipinski definition) is 1. The molecule has 0 bridgehead atoms. The first-order valence-electron chi connectivity index (χ1n) is 5.18. The number of ether oxygens (including phenoxy) is 2. The molecule has 1 aliphatic rings. The fourth-order valence-corrected chi connectivity index (χ4v) is 1.44. The highest BCUT2D eigenvalue weighted by molar-refractivity contribution is 5.90. The van der Waals surface area contributed by atoms with Gasteiger partial charge in [-0.05, 0) is 26.8 Å². The number of carbonyl (C=O) groups excluding carboxylic acids is 1. The summed E-state index contributed by atoms with van der Waals surface area (Å²) in [6, 6.07) is 0. The summed E-state index contributed by atoms with van der Waals surface area (Å²) in [6.45, 7) is 5.38. The molecule has 4 nitrogen and oxygen atoms in total. The molecular weight excluding hydrogens is 208 g/mol. The Kier molecular flexibility index (Phi) is 3.88. The van der Waals surface area contributed by atoms with Gasteiger partial charge in [-0.15, -0.1) is 0 Å². The molecule has 0 aromatic carbocycles. The third-order valence-corrected chi connectivity index (χ3v) is 2.09. The Morgan fingerprint density at radius 2 is 2.06 bits per heavy atom. The van der Waals surface area contributed by atoms with Crippen molar-refractivity contribution in [2.24, 2.45) is 0 Å². The predicted molar refractivity (Wildman–Crippen MR) is 59.9 cm³/mol. The molecule has 0 saturated heterocycles. The number of allylic oxidation sites excluding steroid dienone is 2. The van der Waals surface area contributed by atoms with Crippen molar-refractivity contribution in [1.29, 1.82) is 0 Å². The van der Waals surface area contributed by atoms with Crippen molar-refractivity contribution in [3.8, 4) is 0 Å². The van der Waals surface area contributed by atoms with Gasteiger partial charge in [0.1, 0.15) is 17.8 Å². The standard InChI is InChI=1S/C12H18O4/c1-12(2,3)16-11(14)8-6-5-7-9(13)10(8)15-4/h5-7,9-10,13H,1-4H3/t9-,10-/m0/s1. The minimum Gasteiger partial charge on any atom is -0.457 e. The summed E-state index contributed by atoms with van der Waals surface area (Å²) in [5.74, 6) is -0.456.